The van der Waals surface area contributed by atoms with Crippen molar-refractivity contribution in [1.82, 2.24) is 0 Å². The molecule has 0 saturated heterocycles. The van der Waals surface area contributed by atoms with Crippen molar-refractivity contribution in [1.29, 1.82) is 0 Å². The molecule has 0 fully saturated rings. The molecule has 0 heterocycles. The Morgan fingerprint density at radius 3 is 2.64 bits per heavy atom. The summed E-state index contributed by atoms with van der Waals surface area (Å²) in [6.45, 7) is 5.80. The minimum Gasteiger partial charge on any atom is -0.492 e. The van der Waals surface area contributed by atoms with Crippen molar-refractivity contribution < 1.29 is 14.3 Å². The van der Waals surface area contributed by atoms with E-state index in [1.165, 1.54) is 6.08 Å². The lowest BCUT2D eigenvalue weighted by molar-refractivity contribution is -0.115. The third-order valence-electron chi connectivity index (χ3n) is 3.33. The van der Waals surface area contributed by atoms with Gasteiger partial charge < -0.3 is 15.4 Å². The average molecular weight is 359 g/mol. The molecule has 2 rings (SSSR count). The van der Waals surface area contributed by atoms with Gasteiger partial charge in [-0.15, -0.1) is 0 Å². The van der Waals surface area contributed by atoms with Crippen LogP contribution in [0, 0.1) is 0 Å². The summed E-state index contributed by atoms with van der Waals surface area (Å²) < 4.78 is 5.36. The molecule has 0 atom stereocenters. The molecule has 2 N–H and O–H groups in total. The van der Waals surface area contributed by atoms with Crippen LogP contribution in [0.3, 0.4) is 0 Å². The van der Waals surface area contributed by atoms with Crippen LogP contribution >= 0.6 is 11.6 Å². The van der Waals surface area contributed by atoms with Gasteiger partial charge in [0.25, 0.3) is 0 Å². The second-order valence-corrected chi connectivity index (χ2v) is 5.56. The molecule has 130 valence electrons. The lowest BCUT2D eigenvalue weighted by Gasteiger charge is -2.11. The topological polar surface area (TPSA) is 67.4 Å². The summed E-state index contributed by atoms with van der Waals surface area (Å²) in [5.74, 6) is 0.0198. The monoisotopic (exact) mass is 358 g/mol. The highest BCUT2D eigenvalue weighted by Gasteiger charge is 2.10. The maximum absolute atomic E-state index is 12.3. The highest BCUT2D eigenvalue weighted by atomic mass is 35.5. The predicted octanol–water partition coefficient (Wildman–Crippen LogP) is 4.04. The van der Waals surface area contributed by atoms with E-state index in [0.29, 0.717) is 34.3 Å². The second-order valence-electron chi connectivity index (χ2n) is 5.15. The van der Waals surface area contributed by atoms with E-state index < -0.39 is 0 Å². The van der Waals surface area contributed by atoms with Crippen LogP contribution in [-0.2, 0) is 16.0 Å². The minimum absolute atomic E-state index is 0.110. The maximum Gasteiger partial charge on any atom is 0.247 e. The number of amides is 2. The average Bonchev–Trinajstić information content (AvgIpc) is 2.59. The number of para-hydroxylation sites is 1. The lowest BCUT2D eigenvalue weighted by atomic mass is 10.1. The Morgan fingerprint density at radius 2 is 1.96 bits per heavy atom. The zero-order chi connectivity index (χ0) is 18.2. The Labute approximate surface area is 151 Å². The Balaban J connectivity index is 2.07. The molecule has 25 heavy (non-hydrogen) atoms. The van der Waals surface area contributed by atoms with Gasteiger partial charge in [0.15, 0.2) is 0 Å². The van der Waals surface area contributed by atoms with Gasteiger partial charge in [-0.1, -0.05) is 36.4 Å². The van der Waals surface area contributed by atoms with Gasteiger partial charge in [0.05, 0.1) is 18.1 Å². The van der Waals surface area contributed by atoms with Crippen molar-refractivity contribution in [2.24, 2.45) is 0 Å². The molecular formula is C19H19ClN2O3. The van der Waals surface area contributed by atoms with Crippen LogP contribution < -0.4 is 15.4 Å². The van der Waals surface area contributed by atoms with Crippen molar-refractivity contribution in [2.75, 3.05) is 17.2 Å². The van der Waals surface area contributed by atoms with Crippen LogP contribution in [0.25, 0.3) is 0 Å². The first kappa shape index (κ1) is 18.5. The molecule has 0 spiro atoms. The molecule has 5 nitrogen and oxygen atoms in total. The summed E-state index contributed by atoms with van der Waals surface area (Å²) in [4.78, 5) is 23.8. The molecule has 2 aromatic carbocycles. The van der Waals surface area contributed by atoms with Gasteiger partial charge in [0.1, 0.15) is 5.75 Å². The van der Waals surface area contributed by atoms with Crippen LogP contribution in [0.2, 0.25) is 5.02 Å². The van der Waals surface area contributed by atoms with E-state index in [-0.39, 0.29) is 18.2 Å². The molecule has 0 unspecified atom stereocenters. The molecule has 0 aliphatic rings. The van der Waals surface area contributed by atoms with Crippen LogP contribution in [0.4, 0.5) is 11.4 Å². The van der Waals surface area contributed by atoms with Crippen molar-refractivity contribution >= 4 is 34.8 Å². The SMILES string of the molecule is C=CC(=O)Nc1ccccc1CC(=O)Nc1ccc(OCC)c(Cl)c1. The Bertz CT molecular complexity index is 790. The van der Waals surface area contributed by atoms with Gasteiger partial charge in [-0.05, 0) is 42.8 Å². The van der Waals surface area contributed by atoms with E-state index in [1.54, 1.807) is 42.5 Å². The van der Waals surface area contributed by atoms with Crippen LogP contribution in [0.5, 0.6) is 5.75 Å². The lowest BCUT2D eigenvalue weighted by Crippen LogP contribution is -2.16. The molecule has 2 aromatic rings. The van der Waals surface area contributed by atoms with Gasteiger partial charge in [-0.25, -0.2) is 0 Å². The van der Waals surface area contributed by atoms with E-state index in [9.17, 15) is 9.59 Å². The van der Waals surface area contributed by atoms with Gasteiger partial charge in [0.2, 0.25) is 11.8 Å². The zero-order valence-electron chi connectivity index (χ0n) is 13.8. The Kier molecular flexibility index (Phi) is 6.60. The first-order valence-corrected chi connectivity index (χ1v) is 8.14. The second kappa shape index (κ2) is 8.89. The summed E-state index contributed by atoms with van der Waals surface area (Å²) in [6, 6.07) is 12.2. The molecule has 0 aliphatic heterocycles. The standard InChI is InChI=1S/C19H19ClN2O3/c1-3-18(23)22-16-8-6-5-7-13(16)11-19(24)21-14-9-10-17(25-4-2)15(20)12-14/h3,5-10,12H,1,4,11H2,2H3,(H,21,24)(H,22,23). The molecule has 6 heteroatoms. The van der Waals surface area contributed by atoms with E-state index >= 15 is 0 Å². The molecule has 2 amide bonds. The van der Waals surface area contributed by atoms with Gasteiger partial charge in [0, 0.05) is 11.4 Å². The van der Waals surface area contributed by atoms with Crippen molar-refractivity contribution in [3.8, 4) is 5.75 Å². The Hall–Kier alpha value is -2.79. The molecule has 0 bridgehead atoms. The van der Waals surface area contributed by atoms with E-state index in [4.69, 9.17) is 16.3 Å². The number of ether oxygens (including phenoxy) is 1. The van der Waals surface area contributed by atoms with E-state index in [0.717, 1.165) is 0 Å². The largest absolute Gasteiger partial charge is 0.492 e. The first-order chi connectivity index (χ1) is 12.0. The van der Waals surface area contributed by atoms with Crippen molar-refractivity contribution in [3.63, 3.8) is 0 Å². The number of carbonyl (C=O) groups excluding carboxylic acids is 2. The number of hydrogen-bond acceptors (Lipinski definition) is 3. The molecule has 0 aromatic heterocycles. The van der Waals surface area contributed by atoms with E-state index in [1.807, 2.05) is 6.92 Å². The van der Waals surface area contributed by atoms with Crippen LogP contribution in [-0.4, -0.2) is 18.4 Å². The third-order valence-corrected chi connectivity index (χ3v) is 3.62. The summed E-state index contributed by atoms with van der Waals surface area (Å²) in [5.41, 5.74) is 1.85. The molecule has 0 saturated carbocycles. The number of benzene rings is 2. The number of carbonyl (C=O) groups is 2. The Morgan fingerprint density at radius 1 is 1.20 bits per heavy atom. The predicted molar refractivity (Wildman–Crippen MR) is 100 cm³/mol. The fourth-order valence-electron chi connectivity index (χ4n) is 2.21. The summed E-state index contributed by atoms with van der Waals surface area (Å²) in [7, 11) is 0. The highest BCUT2D eigenvalue weighted by Crippen LogP contribution is 2.27. The number of hydrogen-bond donors (Lipinski definition) is 2. The number of halogens is 1. The summed E-state index contributed by atoms with van der Waals surface area (Å²) in [5, 5.41) is 5.90. The smallest absolute Gasteiger partial charge is 0.247 e. The van der Waals surface area contributed by atoms with E-state index in [2.05, 4.69) is 17.2 Å². The summed E-state index contributed by atoms with van der Waals surface area (Å²) >= 11 is 6.12. The highest BCUT2D eigenvalue weighted by molar-refractivity contribution is 6.32. The van der Waals surface area contributed by atoms with Crippen molar-refractivity contribution in [2.45, 2.75) is 13.3 Å². The van der Waals surface area contributed by atoms with Crippen LogP contribution in [0.1, 0.15) is 12.5 Å². The van der Waals surface area contributed by atoms with Gasteiger partial charge in [-0.3, -0.25) is 9.59 Å². The summed E-state index contributed by atoms with van der Waals surface area (Å²) in [6.07, 6.45) is 1.29. The third kappa shape index (κ3) is 5.36. The number of nitrogens with one attached hydrogen (secondary N) is 2. The first-order valence-electron chi connectivity index (χ1n) is 7.77. The zero-order valence-corrected chi connectivity index (χ0v) is 14.6. The fourth-order valence-corrected chi connectivity index (χ4v) is 2.44. The molecule has 0 radical (unpaired) electrons. The number of anilines is 2. The molecule has 0 aliphatic carbocycles. The molecular weight excluding hydrogens is 340 g/mol. The van der Waals surface area contributed by atoms with Gasteiger partial charge >= 0.3 is 0 Å². The number of rotatable bonds is 7. The normalized spacial score (nSPS) is 10.0. The fraction of sp³-hybridized carbons (Fsp3) is 0.158. The maximum atomic E-state index is 12.3. The minimum atomic E-state index is -0.328. The van der Waals surface area contributed by atoms with Crippen LogP contribution in [0.15, 0.2) is 55.1 Å². The quantitative estimate of drug-likeness (QED) is 0.734. The van der Waals surface area contributed by atoms with Crippen molar-refractivity contribution in [3.05, 3.63) is 65.7 Å². The van der Waals surface area contributed by atoms with Gasteiger partial charge in [-0.2, -0.15) is 0 Å².